The second-order valence-electron chi connectivity index (χ2n) is 7.93. The second kappa shape index (κ2) is 7.95. The average Bonchev–Trinajstić information content (AvgIpc) is 3.03. The van der Waals surface area contributed by atoms with Crippen molar-refractivity contribution in [1.82, 2.24) is 19.8 Å². The summed E-state index contributed by atoms with van der Waals surface area (Å²) in [4.78, 5) is 19.3. The minimum absolute atomic E-state index is 0.0598. The molecule has 3 aromatic rings. The van der Waals surface area contributed by atoms with Gasteiger partial charge in [-0.15, -0.1) is 0 Å². The van der Waals surface area contributed by atoms with Gasteiger partial charge in [0.2, 0.25) is 5.91 Å². The Kier molecular flexibility index (Phi) is 5.37. The third kappa shape index (κ3) is 3.65. The lowest BCUT2D eigenvalue weighted by Crippen LogP contribution is -2.31. The summed E-state index contributed by atoms with van der Waals surface area (Å²) in [5.41, 5.74) is 6.26. The quantitative estimate of drug-likeness (QED) is 0.722. The molecule has 0 radical (unpaired) electrons. The highest BCUT2D eigenvalue weighted by molar-refractivity contribution is 5.87. The van der Waals surface area contributed by atoms with Crippen LogP contribution in [0.5, 0.6) is 0 Å². The molecule has 0 saturated carbocycles. The van der Waals surface area contributed by atoms with Crippen LogP contribution in [-0.2, 0) is 31.0 Å². The maximum absolute atomic E-state index is 12.9. The van der Waals surface area contributed by atoms with E-state index in [1.807, 2.05) is 6.07 Å². The number of rotatable bonds is 5. The number of carbonyl (C=O) groups excluding carboxylic acids is 1. The van der Waals surface area contributed by atoms with Gasteiger partial charge in [-0.3, -0.25) is 9.78 Å². The number of halogens is 1. The van der Waals surface area contributed by atoms with Crippen LogP contribution in [0.2, 0.25) is 0 Å². The summed E-state index contributed by atoms with van der Waals surface area (Å²) >= 11 is 0. The van der Waals surface area contributed by atoms with Crippen LogP contribution in [0.25, 0.3) is 10.9 Å². The number of carbonyl (C=O) groups is 1. The van der Waals surface area contributed by atoms with Gasteiger partial charge in [-0.2, -0.15) is 0 Å². The largest absolute Gasteiger partial charge is 0.359 e. The highest BCUT2D eigenvalue weighted by Gasteiger charge is 2.27. The number of alkyl halides is 1. The highest BCUT2D eigenvalue weighted by atomic mass is 19.1. The zero-order valence-corrected chi connectivity index (χ0v) is 17.2. The Hall–Kier alpha value is -2.73. The molecule has 2 aromatic heterocycles. The number of nitrogens with one attached hydrogen (secondary N) is 1. The SMILES string of the molecule is CNC(=O)C(Cn1c2c(c3cc(C)ccc31)CN(C)CC2)c1ccc(CF)nc1. The van der Waals surface area contributed by atoms with Gasteiger partial charge in [-0.05, 0) is 43.3 Å². The number of aryl methyl sites for hydroxylation is 1. The van der Waals surface area contributed by atoms with E-state index in [4.69, 9.17) is 0 Å². The molecule has 1 aliphatic rings. The lowest BCUT2D eigenvalue weighted by Gasteiger charge is -2.25. The maximum atomic E-state index is 12.9. The summed E-state index contributed by atoms with van der Waals surface area (Å²) in [6.07, 6.45) is 2.59. The minimum atomic E-state index is -0.604. The number of aromatic nitrogens is 2. The van der Waals surface area contributed by atoms with Crippen molar-refractivity contribution < 1.29 is 9.18 Å². The van der Waals surface area contributed by atoms with Gasteiger partial charge in [0, 0.05) is 55.9 Å². The van der Waals surface area contributed by atoms with Crippen molar-refractivity contribution in [3.8, 4) is 0 Å². The van der Waals surface area contributed by atoms with Crippen LogP contribution in [0, 0.1) is 6.92 Å². The fourth-order valence-electron chi connectivity index (χ4n) is 4.32. The topological polar surface area (TPSA) is 50.2 Å². The first-order valence-electron chi connectivity index (χ1n) is 10.0. The van der Waals surface area contributed by atoms with Gasteiger partial charge in [-0.1, -0.05) is 17.7 Å². The van der Waals surface area contributed by atoms with Crippen molar-refractivity contribution in [3.63, 3.8) is 0 Å². The van der Waals surface area contributed by atoms with Gasteiger partial charge in [0.25, 0.3) is 0 Å². The van der Waals surface area contributed by atoms with Crippen molar-refractivity contribution in [2.75, 3.05) is 20.6 Å². The standard InChI is InChI=1S/C23H27FN4O/c1-15-4-7-21-18(10-15)20-13-27(3)9-8-22(20)28(21)14-19(23(29)25-2)16-5-6-17(11-24)26-12-16/h4-7,10,12,19H,8-9,11,13-14H2,1-3H3,(H,25,29). The average molecular weight is 394 g/mol. The van der Waals surface area contributed by atoms with E-state index >= 15 is 0 Å². The van der Waals surface area contributed by atoms with E-state index in [0.717, 1.165) is 30.6 Å². The highest BCUT2D eigenvalue weighted by Crippen LogP contribution is 2.33. The Labute approximate surface area is 170 Å². The Bertz CT molecular complexity index is 1040. The lowest BCUT2D eigenvalue weighted by atomic mass is 9.99. The summed E-state index contributed by atoms with van der Waals surface area (Å²) in [5, 5.41) is 4.06. The van der Waals surface area contributed by atoms with Crippen molar-refractivity contribution in [3.05, 3.63) is 64.6 Å². The second-order valence-corrected chi connectivity index (χ2v) is 7.93. The van der Waals surface area contributed by atoms with Gasteiger partial charge in [0.05, 0.1) is 11.6 Å². The molecule has 1 amide bonds. The number of amides is 1. The van der Waals surface area contributed by atoms with E-state index in [2.05, 4.69) is 51.9 Å². The molecular weight excluding hydrogens is 367 g/mol. The van der Waals surface area contributed by atoms with Gasteiger partial charge >= 0.3 is 0 Å². The van der Waals surface area contributed by atoms with E-state index in [-0.39, 0.29) is 11.8 Å². The summed E-state index contributed by atoms with van der Waals surface area (Å²) in [7, 11) is 3.80. The fourth-order valence-corrected chi connectivity index (χ4v) is 4.32. The molecule has 0 fully saturated rings. The molecule has 1 N–H and O–H groups in total. The molecule has 4 rings (SSSR count). The number of hydrogen-bond acceptors (Lipinski definition) is 3. The molecule has 1 unspecified atom stereocenters. The Morgan fingerprint density at radius 3 is 2.83 bits per heavy atom. The van der Waals surface area contributed by atoms with E-state index < -0.39 is 6.67 Å². The molecule has 0 spiro atoms. The predicted octanol–water partition coefficient (Wildman–Crippen LogP) is 3.33. The Balaban J connectivity index is 1.81. The summed E-state index contributed by atoms with van der Waals surface area (Å²) in [6, 6.07) is 10.0. The third-order valence-electron chi connectivity index (χ3n) is 5.92. The Morgan fingerprint density at radius 2 is 2.14 bits per heavy atom. The van der Waals surface area contributed by atoms with Crippen molar-refractivity contribution in [2.24, 2.45) is 0 Å². The number of nitrogens with zero attached hydrogens (tertiary/aromatic N) is 3. The van der Waals surface area contributed by atoms with Crippen LogP contribution in [0.15, 0.2) is 36.5 Å². The number of pyridine rings is 1. The van der Waals surface area contributed by atoms with Crippen LogP contribution in [-0.4, -0.2) is 41.0 Å². The van der Waals surface area contributed by atoms with E-state index in [9.17, 15) is 9.18 Å². The zero-order valence-electron chi connectivity index (χ0n) is 17.2. The molecular formula is C23H27FN4O. The van der Waals surface area contributed by atoms with Gasteiger partial charge in [0.1, 0.15) is 6.67 Å². The van der Waals surface area contributed by atoms with Gasteiger partial charge in [-0.25, -0.2) is 4.39 Å². The first-order valence-corrected chi connectivity index (χ1v) is 10.0. The fraction of sp³-hybridized carbons (Fsp3) is 0.391. The van der Waals surface area contributed by atoms with Crippen LogP contribution in [0.3, 0.4) is 0 Å². The number of hydrogen-bond donors (Lipinski definition) is 1. The molecule has 1 aromatic carbocycles. The normalized spacial score (nSPS) is 15.3. The first-order chi connectivity index (χ1) is 14.0. The van der Waals surface area contributed by atoms with Crippen LogP contribution in [0.4, 0.5) is 4.39 Å². The molecule has 0 aliphatic carbocycles. The predicted molar refractivity (Wildman–Crippen MR) is 113 cm³/mol. The molecule has 6 heteroatoms. The minimum Gasteiger partial charge on any atom is -0.359 e. The van der Waals surface area contributed by atoms with Crippen molar-refractivity contribution >= 4 is 16.8 Å². The van der Waals surface area contributed by atoms with Gasteiger partial charge < -0.3 is 14.8 Å². The monoisotopic (exact) mass is 394 g/mol. The van der Waals surface area contributed by atoms with Gasteiger partial charge in [0.15, 0.2) is 0 Å². The van der Waals surface area contributed by atoms with Crippen LogP contribution < -0.4 is 5.32 Å². The molecule has 29 heavy (non-hydrogen) atoms. The molecule has 0 bridgehead atoms. The summed E-state index contributed by atoms with van der Waals surface area (Å²) in [5.74, 6) is -0.447. The maximum Gasteiger partial charge on any atom is 0.229 e. The first kappa shape index (κ1) is 19.6. The summed E-state index contributed by atoms with van der Waals surface area (Å²) in [6.45, 7) is 3.96. The third-order valence-corrected chi connectivity index (χ3v) is 5.92. The molecule has 152 valence electrons. The summed E-state index contributed by atoms with van der Waals surface area (Å²) < 4.78 is 15.2. The van der Waals surface area contributed by atoms with E-state index in [0.29, 0.717) is 12.2 Å². The van der Waals surface area contributed by atoms with E-state index in [1.165, 1.54) is 22.2 Å². The molecule has 1 aliphatic heterocycles. The van der Waals surface area contributed by atoms with E-state index in [1.54, 1.807) is 19.3 Å². The van der Waals surface area contributed by atoms with Crippen molar-refractivity contribution in [2.45, 2.75) is 39.0 Å². The molecule has 0 saturated heterocycles. The molecule has 3 heterocycles. The smallest absolute Gasteiger partial charge is 0.229 e. The number of likely N-dealkylation sites (N-methyl/N-ethyl adjacent to an activating group) is 2. The zero-order chi connectivity index (χ0) is 20.5. The molecule has 1 atom stereocenters. The number of benzene rings is 1. The molecule has 5 nitrogen and oxygen atoms in total. The Morgan fingerprint density at radius 1 is 1.31 bits per heavy atom. The lowest BCUT2D eigenvalue weighted by molar-refractivity contribution is -0.122. The number of fused-ring (bicyclic) bond motifs is 3. The van der Waals surface area contributed by atoms with Crippen LogP contribution >= 0.6 is 0 Å². The van der Waals surface area contributed by atoms with Crippen molar-refractivity contribution in [1.29, 1.82) is 0 Å². The van der Waals surface area contributed by atoms with Crippen LogP contribution in [0.1, 0.15) is 34.0 Å².